The summed E-state index contributed by atoms with van der Waals surface area (Å²) < 4.78 is 2.84. The molecule has 0 bridgehead atoms. The maximum absolute atomic E-state index is 3.37. The van der Waals surface area contributed by atoms with Gasteiger partial charge in [0.25, 0.3) is 0 Å². The number of hydrogen-bond acceptors (Lipinski definition) is 1. The molecular weight excluding hydrogens is 250 g/mol. The lowest BCUT2D eigenvalue weighted by molar-refractivity contribution is 0.786. The van der Waals surface area contributed by atoms with Crippen molar-refractivity contribution in [1.82, 2.24) is 4.98 Å². The molecule has 19 heavy (non-hydrogen) atoms. The number of hydrogen-bond donors (Lipinski definition) is 1. The van der Waals surface area contributed by atoms with Gasteiger partial charge in [0.15, 0.2) is 0 Å². The highest BCUT2D eigenvalue weighted by Gasteiger charge is 2.16. The van der Waals surface area contributed by atoms with Crippen molar-refractivity contribution >= 4 is 33.1 Å². The average Bonchev–Trinajstić information content (AvgIpc) is 3.05. The van der Waals surface area contributed by atoms with Gasteiger partial charge in [0, 0.05) is 26.5 Å². The lowest BCUT2D eigenvalue weighted by Crippen LogP contribution is -2.27. The Morgan fingerprint density at radius 2 is 2.05 bits per heavy atom. The van der Waals surface area contributed by atoms with Gasteiger partial charge < -0.3 is 4.98 Å². The summed E-state index contributed by atoms with van der Waals surface area (Å²) in [5, 5.41) is 2.84. The van der Waals surface area contributed by atoms with Crippen LogP contribution in [0.5, 0.6) is 0 Å². The van der Waals surface area contributed by atoms with E-state index in [1.54, 1.807) is 0 Å². The number of H-pyrrole nitrogens is 1. The first kappa shape index (κ1) is 11.1. The highest BCUT2D eigenvalue weighted by molar-refractivity contribution is 7.17. The van der Waals surface area contributed by atoms with Gasteiger partial charge >= 0.3 is 0 Å². The van der Waals surface area contributed by atoms with Crippen LogP contribution in [0.3, 0.4) is 0 Å². The van der Waals surface area contributed by atoms with Gasteiger partial charge in [-0.2, -0.15) is 0 Å². The van der Waals surface area contributed by atoms with Gasteiger partial charge in [-0.05, 0) is 41.3 Å². The van der Waals surface area contributed by atoms with Gasteiger partial charge in [-0.3, -0.25) is 0 Å². The van der Waals surface area contributed by atoms with Gasteiger partial charge in [-0.15, -0.1) is 11.3 Å². The Bertz CT molecular complexity index is 852. The monoisotopic (exact) mass is 265 g/mol. The van der Waals surface area contributed by atoms with Gasteiger partial charge in [0.05, 0.1) is 0 Å². The van der Waals surface area contributed by atoms with E-state index < -0.39 is 0 Å². The summed E-state index contributed by atoms with van der Waals surface area (Å²) in [7, 11) is 0. The minimum absolute atomic E-state index is 0.601. The standard InChI is InChI=1S/C17H15NS/c1-11-9-13-12-5-2-3-7-16(12)19-17(13)14(10-11)15-6-4-8-18-15/h2-9,11,18H,10H2,1H3. The quantitative estimate of drug-likeness (QED) is 0.695. The second-order valence-corrected chi connectivity index (χ2v) is 6.30. The fraction of sp³-hybridized carbons (Fsp3) is 0.176. The zero-order valence-electron chi connectivity index (χ0n) is 10.8. The number of rotatable bonds is 1. The van der Waals surface area contributed by atoms with E-state index in [-0.39, 0.29) is 0 Å². The van der Waals surface area contributed by atoms with Crippen molar-refractivity contribution in [2.75, 3.05) is 0 Å². The molecule has 1 aliphatic carbocycles. The number of aromatic amines is 1. The van der Waals surface area contributed by atoms with Crippen LogP contribution in [0.4, 0.5) is 0 Å². The molecule has 1 aliphatic rings. The Hall–Kier alpha value is -1.80. The van der Waals surface area contributed by atoms with Crippen molar-refractivity contribution < 1.29 is 0 Å². The first-order chi connectivity index (χ1) is 9.33. The Labute approximate surface area is 115 Å². The van der Waals surface area contributed by atoms with Gasteiger partial charge in [0.2, 0.25) is 0 Å². The number of fused-ring (bicyclic) bond motifs is 3. The van der Waals surface area contributed by atoms with Crippen LogP contribution < -0.4 is 9.75 Å². The Morgan fingerprint density at radius 3 is 2.89 bits per heavy atom. The Kier molecular flexibility index (Phi) is 2.39. The predicted molar refractivity (Wildman–Crippen MR) is 82.6 cm³/mol. The average molecular weight is 265 g/mol. The lowest BCUT2D eigenvalue weighted by atomic mass is 9.93. The molecule has 0 radical (unpaired) electrons. The molecule has 1 N–H and O–H groups in total. The highest BCUT2D eigenvalue weighted by Crippen LogP contribution is 2.24. The molecule has 1 aromatic carbocycles. The molecule has 4 rings (SSSR count). The van der Waals surface area contributed by atoms with E-state index in [2.05, 4.69) is 54.4 Å². The molecule has 3 aromatic rings. The summed E-state index contributed by atoms with van der Waals surface area (Å²) in [5.74, 6) is 0.601. The maximum Gasteiger partial charge on any atom is 0.0427 e. The molecule has 94 valence electrons. The molecular formula is C17H15NS. The molecule has 0 spiro atoms. The van der Waals surface area contributed by atoms with E-state index in [4.69, 9.17) is 0 Å². The third-order valence-corrected chi connectivity index (χ3v) is 5.05. The van der Waals surface area contributed by atoms with E-state index in [1.807, 2.05) is 17.5 Å². The smallest absolute Gasteiger partial charge is 0.0427 e. The van der Waals surface area contributed by atoms with Crippen LogP contribution in [-0.4, -0.2) is 4.98 Å². The number of benzene rings is 1. The third-order valence-electron chi connectivity index (χ3n) is 3.81. The Balaban J connectivity index is 2.18. The molecule has 1 nitrogen and oxygen atoms in total. The van der Waals surface area contributed by atoms with Crippen LogP contribution in [-0.2, 0) is 0 Å². The molecule has 2 heterocycles. The van der Waals surface area contributed by atoms with Crippen molar-refractivity contribution in [1.29, 1.82) is 0 Å². The molecule has 1 unspecified atom stereocenters. The molecule has 2 heteroatoms. The number of nitrogens with one attached hydrogen (secondary N) is 1. The predicted octanol–water partition coefficient (Wildman–Crippen LogP) is 3.25. The first-order valence-corrected chi connectivity index (χ1v) is 7.51. The molecule has 0 fully saturated rings. The van der Waals surface area contributed by atoms with E-state index in [9.17, 15) is 0 Å². The van der Waals surface area contributed by atoms with Crippen LogP contribution >= 0.6 is 11.3 Å². The molecule has 0 aliphatic heterocycles. The van der Waals surface area contributed by atoms with E-state index in [0.29, 0.717) is 5.92 Å². The summed E-state index contributed by atoms with van der Waals surface area (Å²) in [5.41, 5.74) is 2.74. The normalized spacial score (nSPS) is 18.4. The zero-order valence-corrected chi connectivity index (χ0v) is 11.6. The van der Waals surface area contributed by atoms with Gasteiger partial charge in [0.1, 0.15) is 0 Å². The fourth-order valence-corrected chi connectivity index (χ4v) is 4.22. The SMILES string of the molecule is CC1C=c2c(sc3ccccc23)=C(c2ccc[nH]2)C1. The van der Waals surface area contributed by atoms with Crippen molar-refractivity contribution in [2.45, 2.75) is 13.3 Å². The zero-order chi connectivity index (χ0) is 12.8. The second-order valence-electron chi connectivity index (χ2n) is 5.25. The van der Waals surface area contributed by atoms with Crippen molar-refractivity contribution in [2.24, 2.45) is 5.92 Å². The van der Waals surface area contributed by atoms with Crippen LogP contribution in [0.25, 0.3) is 21.7 Å². The summed E-state index contributed by atoms with van der Waals surface area (Å²) >= 11 is 1.92. The van der Waals surface area contributed by atoms with E-state index in [1.165, 1.54) is 31.1 Å². The molecule has 0 saturated heterocycles. The van der Waals surface area contributed by atoms with Crippen LogP contribution in [0.2, 0.25) is 0 Å². The summed E-state index contributed by atoms with van der Waals surface area (Å²) in [6.45, 7) is 2.30. The van der Waals surface area contributed by atoms with Crippen molar-refractivity contribution in [3.05, 3.63) is 58.0 Å². The van der Waals surface area contributed by atoms with Crippen LogP contribution in [0.15, 0.2) is 42.6 Å². The third kappa shape index (κ3) is 1.67. The van der Waals surface area contributed by atoms with Crippen LogP contribution in [0.1, 0.15) is 19.0 Å². The first-order valence-electron chi connectivity index (χ1n) is 6.69. The Morgan fingerprint density at radius 1 is 1.16 bits per heavy atom. The van der Waals surface area contributed by atoms with Crippen molar-refractivity contribution in [3.8, 4) is 0 Å². The fourth-order valence-electron chi connectivity index (χ4n) is 2.96. The largest absolute Gasteiger partial charge is 0.361 e. The minimum Gasteiger partial charge on any atom is -0.361 e. The maximum atomic E-state index is 3.37. The second kappa shape index (κ2) is 4.10. The van der Waals surface area contributed by atoms with Crippen molar-refractivity contribution in [3.63, 3.8) is 0 Å². The van der Waals surface area contributed by atoms with Gasteiger partial charge in [-0.1, -0.05) is 31.2 Å². The number of aromatic nitrogens is 1. The summed E-state index contributed by atoms with van der Waals surface area (Å²) in [6, 6.07) is 13.0. The molecule has 2 aromatic heterocycles. The minimum atomic E-state index is 0.601. The van der Waals surface area contributed by atoms with Gasteiger partial charge in [-0.25, -0.2) is 0 Å². The molecule has 0 amide bonds. The number of thiophene rings is 1. The van der Waals surface area contributed by atoms with E-state index in [0.717, 1.165) is 6.42 Å². The topological polar surface area (TPSA) is 15.8 Å². The van der Waals surface area contributed by atoms with Crippen LogP contribution in [0, 0.1) is 5.92 Å². The molecule has 0 saturated carbocycles. The van der Waals surface area contributed by atoms with E-state index >= 15 is 0 Å². The summed E-state index contributed by atoms with van der Waals surface area (Å²) in [6.07, 6.45) is 5.57. The molecule has 1 atom stereocenters. The highest BCUT2D eigenvalue weighted by atomic mass is 32.1. The lowest BCUT2D eigenvalue weighted by Gasteiger charge is -2.13. The summed E-state index contributed by atoms with van der Waals surface area (Å²) in [4.78, 5) is 3.37.